The van der Waals surface area contributed by atoms with E-state index in [1.54, 1.807) is 11.3 Å². The fraction of sp³-hybridized carbons (Fsp3) is 0.143. The van der Waals surface area contributed by atoms with E-state index in [1.165, 1.54) is 6.08 Å². The number of aromatic nitrogens is 1. The Hall–Kier alpha value is -2.14. The van der Waals surface area contributed by atoms with Gasteiger partial charge in [0.1, 0.15) is 17.4 Å². The third-order valence-corrected chi connectivity index (χ3v) is 3.28. The number of aryl methyl sites for hydroxylation is 1. The Morgan fingerprint density at radius 3 is 2.95 bits per heavy atom. The fourth-order valence-corrected chi connectivity index (χ4v) is 2.20. The van der Waals surface area contributed by atoms with Crippen LogP contribution in [-0.4, -0.2) is 16.1 Å². The maximum Gasteiger partial charge on any atom is 0.328 e. The molecule has 5 heteroatoms. The zero-order valence-electron chi connectivity index (χ0n) is 10.4. The minimum absolute atomic E-state index is 0.385. The van der Waals surface area contributed by atoms with Crippen molar-refractivity contribution in [2.45, 2.75) is 13.5 Å². The number of carbonyl (C=O) groups is 1. The van der Waals surface area contributed by atoms with E-state index in [0.717, 1.165) is 22.3 Å². The quantitative estimate of drug-likeness (QED) is 0.852. The number of ether oxygens (including phenoxy) is 1. The number of hydrogen-bond donors (Lipinski definition) is 1. The van der Waals surface area contributed by atoms with Gasteiger partial charge in [0, 0.05) is 22.7 Å². The van der Waals surface area contributed by atoms with E-state index in [0.29, 0.717) is 12.4 Å². The summed E-state index contributed by atoms with van der Waals surface area (Å²) in [5.41, 5.74) is 1.71. The maximum absolute atomic E-state index is 10.5. The first-order valence-electron chi connectivity index (χ1n) is 5.69. The molecule has 1 N–H and O–H groups in total. The summed E-state index contributed by atoms with van der Waals surface area (Å²) < 4.78 is 5.67. The normalized spacial score (nSPS) is 10.8. The van der Waals surface area contributed by atoms with Crippen molar-refractivity contribution in [1.82, 2.24) is 4.98 Å². The summed E-state index contributed by atoms with van der Waals surface area (Å²) >= 11 is 1.54. The second-order valence-electron chi connectivity index (χ2n) is 3.88. The van der Waals surface area contributed by atoms with E-state index in [-0.39, 0.29) is 0 Å². The van der Waals surface area contributed by atoms with Crippen LogP contribution in [0.2, 0.25) is 0 Å². The molecular weight excluding hydrogens is 262 g/mol. The lowest BCUT2D eigenvalue weighted by Gasteiger charge is -2.07. The summed E-state index contributed by atoms with van der Waals surface area (Å²) in [7, 11) is 0. The van der Waals surface area contributed by atoms with Crippen molar-refractivity contribution in [2.24, 2.45) is 0 Å². The second-order valence-corrected chi connectivity index (χ2v) is 4.82. The molecule has 1 aromatic carbocycles. The predicted octanol–water partition coefficient (Wildman–Crippen LogP) is 3.13. The molecule has 0 amide bonds. The molecule has 0 aliphatic heterocycles. The minimum atomic E-state index is -0.981. The Labute approximate surface area is 115 Å². The molecule has 98 valence electrons. The molecule has 0 radical (unpaired) electrons. The lowest BCUT2D eigenvalue weighted by molar-refractivity contribution is -0.131. The van der Waals surface area contributed by atoms with E-state index in [1.807, 2.05) is 36.6 Å². The van der Waals surface area contributed by atoms with Gasteiger partial charge in [-0.05, 0) is 19.1 Å². The number of thiazole rings is 1. The van der Waals surface area contributed by atoms with Crippen LogP contribution in [0.25, 0.3) is 6.08 Å². The number of rotatable bonds is 5. The van der Waals surface area contributed by atoms with Crippen LogP contribution in [0, 0.1) is 6.92 Å². The van der Waals surface area contributed by atoms with Gasteiger partial charge in [-0.3, -0.25) is 0 Å². The van der Waals surface area contributed by atoms with Crippen molar-refractivity contribution in [3.8, 4) is 5.75 Å². The minimum Gasteiger partial charge on any atom is -0.486 e. The number of benzene rings is 1. The van der Waals surface area contributed by atoms with Gasteiger partial charge in [-0.15, -0.1) is 11.3 Å². The third kappa shape index (κ3) is 3.93. The first-order valence-corrected chi connectivity index (χ1v) is 6.57. The molecule has 0 bridgehead atoms. The van der Waals surface area contributed by atoms with Gasteiger partial charge < -0.3 is 9.84 Å². The molecule has 0 saturated heterocycles. The third-order valence-electron chi connectivity index (χ3n) is 2.34. The van der Waals surface area contributed by atoms with E-state index < -0.39 is 5.97 Å². The van der Waals surface area contributed by atoms with Crippen LogP contribution in [0.1, 0.15) is 16.3 Å². The Morgan fingerprint density at radius 1 is 1.47 bits per heavy atom. The average molecular weight is 275 g/mol. The van der Waals surface area contributed by atoms with Gasteiger partial charge in [-0.1, -0.05) is 18.2 Å². The van der Waals surface area contributed by atoms with Gasteiger partial charge in [-0.25, -0.2) is 9.78 Å². The first kappa shape index (κ1) is 13.3. The highest BCUT2D eigenvalue weighted by Gasteiger charge is 2.03. The number of carboxylic acids is 1. The van der Waals surface area contributed by atoms with Gasteiger partial charge in [-0.2, -0.15) is 0 Å². The molecule has 0 aliphatic rings. The van der Waals surface area contributed by atoms with Gasteiger partial charge >= 0.3 is 5.97 Å². The summed E-state index contributed by atoms with van der Waals surface area (Å²) in [5.74, 6) is -0.335. The van der Waals surface area contributed by atoms with Crippen molar-refractivity contribution in [1.29, 1.82) is 0 Å². The van der Waals surface area contributed by atoms with E-state index in [2.05, 4.69) is 4.98 Å². The lowest BCUT2D eigenvalue weighted by Crippen LogP contribution is -1.96. The summed E-state index contributed by atoms with van der Waals surface area (Å²) in [6.07, 6.45) is 2.61. The monoisotopic (exact) mass is 275 g/mol. The van der Waals surface area contributed by atoms with Crippen LogP contribution in [0.15, 0.2) is 35.7 Å². The maximum atomic E-state index is 10.5. The van der Waals surface area contributed by atoms with Crippen molar-refractivity contribution >= 4 is 23.4 Å². The van der Waals surface area contributed by atoms with E-state index >= 15 is 0 Å². The number of carboxylic acid groups (broad SMARTS) is 1. The molecule has 4 nitrogen and oxygen atoms in total. The summed E-state index contributed by atoms with van der Waals surface area (Å²) in [6, 6.07) is 7.30. The lowest BCUT2D eigenvalue weighted by atomic mass is 10.2. The van der Waals surface area contributed by atoms with Crippen LogP contribution < -0.4 is 4.74 Å². The Kier molecular flexibility index (Phi) is 4.30. The van der Waals surface area contributed by atoms with Crippen LogP contribution in [0.5, 0.6) is 5.75 Å². The largest absolute Gasteiger partial charge is 0.486 e. The highest BCUT2D eigenvalue weighted by Crippen LogP contribution is 2.21. The van der Waals surface area contributed by atoms with Crippen LogP contribution in [0.3, 0.4) is 0 Å². The summed E-state index contributed by atoms with van der Waals surface area (Å²) in [6.45, 7) is 2.32. The molecule has 0 saturated carbocycles. The van der Waals surface area contributed by atoms with Gasteiger partial charge in [0.15, 0.2) is 0 Å². The zero-order chi connectivity index (χ0) is 13.7. The molecule has 2 aromatic rings. The molecule has 1 aromatic heterocycles. The molecule has 0 atom stereocenters. The number of hydrogen-bond acceptors (Lipinski definition) is 4. The number of para-hydroxylation sites is 1. The first-order chi connectivity index (χ1) is 9.15. The number of nitrogens with zero attached hydrogens (tertiary/aromatic N) is 1. The van der Waals surface area contributed by atoms with Crippen LogP contribution in [0.4, 0.5) is 0 Å². The van der Waals surface area contributed by atoms with Gasteiger partial charge in [0.25, 0.3) is 0 Å². The van der Waals surface area contributed by atoms with Crippen molar-refractivity contribution in [3.63, 3.8) is 0 Å². The molecule has 2 rings (SSSR count). The highest BCUT2D eigenvalue weighted by molar-refractivity contribution is 7.09. The zero-order valence-corrected chi connectivity index (χ0v) is 11.2. The Bertz CT molecular complexity index is 604. The second kappa shape index (κ2) is 6.15. The average Bonchev–Trinajstić information content (AvgIpc) is 2.80. The molecule has 0 spiro atoms. The highest BCUT2D eigenvalue weighted by atomic mass is 32.1. The van der Waals surface area contributed by atoms with Crippen molar-refractivity contribution in [3.05, 3.63) is 52.0 Å². The van der Waals surface area contributed by atoms with E-state index in [4.69, 9.17) is 9.84 Å². The molecule has 0 fully saturated rings. The SMILES string of the molecule is Cc1csc(COc2ccccc2C=CC(=O)O)n1. The molecule has 1 heterocycles. The van der Waals surface area contributed by atoms with Gasteiger partial charge in [0.05, 0.1) is 0 Å². The molecule has 0 unspecified atom stereocenters. The molecular formula is C14H13NO3S. The molecule has 0 aliphatic carbocycles. The molecule has 19 heavy (non-hydrogen) atoms. The number of aliphatic carboxylic acids is 1. The van der Waals surface area contributed by atoms with Crippen LogP contribution >= 0.6 is 11.3 Å². The summed E-state index contributed by atoms with van der Waals surface area (Å²) in [4.78, 5) is 14.8. The summed E-state index contributed by atoms with van der Waals surface area (Å²) in [5, 5.41) is 11.5. The standard InChI is InChI=1S/C14H13NO3S/c1-10-9-19-13(15-10)8-18-12-5-3-2-4-11(12)6-7-14(16)17/h2-7,9H,8H2,1H3,(H,16,17). The van der Waals surface area contributed by atoms with Crippen LogP contribution in [-0.2, 0) is 11.4 Å². The van der Waals surface area contributed by atoms with Crippen molar-refractivity contribution < 1.29 is 14.6 Å². The Morgan fingerprint density at radius 2 is 2.26 bits per heavy atom. The van der Waals surface area contributed by atoms with E-state index in [9.17, 15) is 4.79 Å². The van der Waals surface area contributed by atoms with Gasteiger partial charge in [0.2, 0.25) is 0 Å². The predicted molar refractivity (Wildman–Crippen MR) is 74.3 cm³/mol. The fourth-order valence-electron chi connectivity index (χ4n) is 1.52. The van der Waals surface area contributed by atoms with Crippen molar-refractivity contribution in [2.75, 3.05) is 0 Å². The topological polar surface area (TPSA) is 59.4 Å². The smallest absolute Gasteiger partial charge is 0.328 e. The Balaban J connectivity index is 2.09.